The maximum atomic E-state index is 12.2. The van der Waals surface area contributed by atoms with E-state index in [0.717, 1.165) is 14.4 Å². The van der Waals surface area contributed by atoms with Crippen molar-refractivity contribution in [2.75, 3.05) is 5.32 Å². The first kappa shape index (κ1) is 20.1. The third-order valence-corrected chi connectivity index (χ3v) is 6.55. The van der Waals surface area contributed by atoms with E-state index in [2.05, 4.69) is 36.8 Å². The molecule has 27 heavy (non-hydrogen) atoms. The predicted molar refractivity (Wildman–Crippen MR) is 116 cm³/mol. The van der Waals surface area contributed by atoms with E-state index in [1.807, 2.05) is 19.1 Å². The van der Waals surface area contributed by atoms with Crippen LogP contribution in [0.2, 0.25) is 5.02 Å². The molecule has 0 spiro atoms. The van der Waals surface area contributed by atoms with Crippen LogP contribution < -0.4 is 10.6 Å². The molecule has 2 N–H and O–H groups in total. The van der Waals surface area contributed by atoms with Crippen molar-refractivity contribution < 1.29 is 9.59 Å². The first-order valence-corrected chi connectivity index (χ1v) is 10.7. The van der Waals surface area contributed by atoms with Crippen molar-refractivity contribution in [1.29, 1.82) is 0 Å². The number of rotatable bonds is 5. The highest BCUT2D eigenvalue weighted by Crippen LogP contribution is 2.25. The fraction of sp³-hybridized carbons (Fsp3) is 0.176. The number of amidine groups is 1. The van der Waals surface area contributed by atoms with Crippen LogP contribution in [0.4, 0.5) is 5.69 Å². The van der Waals surface area contributed by atoms with Gasteiger partial charge in [0.05, 0.1) is 14.4 Å². The summed E-state index contributed by atoms with van der Waals surface area (Å²) < 4.78 is 1.01. The highest BCUT2D eigenvalue weighted by Gasteiger charge is 2.32. The van der Waals surface area contributed by atoms with Gasteiger partial charge in [0.25, 0.3) is 0 Å². The first-order valence-electron chi connectivity index (χ1n) is 7.81. The third-order valence-electron chi connectivity index (χ3n) is 3.50. The zero-order valence-corrected chi connectivity index (χ0v) is 18.0. The summed E-state index contributed by atoms with van der Waals surface area (Å²) in [5, 5.41) is 14.1. The van der Waals surface area contributed by atoms with Gasteiger partial charge in [0.2, 0.25) is 11.8 Å². The van der Waals surface area contributed by atoms with Crippen LogP contribution in [0.5, 0.6) is 0 Å². The van der Waals surface area contributed by atoms with Crippen LogP contribution in [0, 0.1) is 0 Å². The Morgan fingerprint density at radius 2 is 2.04 bits per heavy atom. The topological polar surface area (TPSA) is 82.9 Å². The number of carbonyl (C=O) groups excluding carboxylic acids is 2. The number of thiophene rings is 1. The fourth-order valence-corrected chi connectivity index (χ4v) is 4.55. The maximum absolute atomic E-state index is 12.2. The average Bonchev–Trinajstić information content (AvgIpc) is 3.21. The van der Waals surface area contributed by atoms with Crippen LogP contribution in [0.1, 0.15) is 18.2 Å². The molecule has 1 aliphatic heterocycles. The lowest BCUT2D eigenvalue weighted by molar-refractivity contribution is -0.122. The number of nitrogens with one attached hydrogen (secondary N) is 2. The van der Waals surface area contributed by atoms with Gasteiger partial charge in [-0.3, -0.25) is 9.59 Å². The van der Waals surface area contributed by atoms with Gasteiger partial charge in [-0.2, -0.15) is 5.10 Å². The Morgan fingerprint density at radius 1 is 1.30 bits per heavy atom. The summed E-state index contributed by atoms with van der Waals surface area (Å²) in [5.41, 5.74) is 1.38. The minimum absolute atomic E-state index is 0.0404. The number of anilines is 1. The number of benzene rings is 1. The van der Waals surface area contributed by atoms with Crippen molar-refractivity contribution in [2.45, 2.75) is 18.6 Å². The van der Waals surface area contributed by atoms with Crippen LogP contribution in [-0.4, -0.2) is 27.9 Å². The van der Waals surface area contributed by atoms with E-state index in [1.165, 1.54) is 11.8 Å². The summed E-state index contributed by atoms with van der Waals surface area (Å²) in [5.74, 6) is -0.508. The van der Waals surface area contributed by atoms with Crippen molar-refractivity contribution in [1.82, 2.24) is 5.32 Å². The lowest BCUT2D eigenvalue weighted by Gasteiger charge is -2.07. The van der Waals surface area contributed by atoms with Gasteiger partial charge in [-0.05, 0) is 59.3 Å². The summed E-state index contributed by atoms with van der Waals surface area (Å²) in [7, 11) is 0. The number of thioether (sulfide) groups is 1. The molecule has 0 bridgehead atoms. The van der Waals surface area contributed by atoms with E-state index in [-0.39, 0.29) is 18.2 Å². The molecule has 1 aromatic carbocycles. The van der Waals surface area contributed by atoms with E-state index in [4.69, 9.17) is 11.6 Å². The average molecular weight is 486 g/mol. The number of hydrogen-bond acceptors (Lipinski definition) is 6. The normalized spacial score (nSPS) is 18.6. The molecule has 6 nitrogen and oxygen atoms in total. The van der Waals surface area contributed by atoms with E-state index < -0.39 is 5.25 Å². The zero-order valence-electron chi connectivity index (χ0n) is 14.0. The quantitative estimate of drug-likeness (QED) is 0.483. The second-order valence-electron chi connectivity index (χ2n) is 5.55. The highest BCUT2D eigenvalue weighted by atomic mass is 79.9. The third kappa shape index (κ3) is 5.65. The van der Waals surface area contributed by atoms with Gasteiger partial charge in [-0.15, -0.1) is 16.4 Å². The first-order chi connectivity index (χ1) is 12.9. The fourth-order valence-electron chi connectivity index (χ4n) is 2.18. The number of halogens is 2. The number of carbonyl (C=O) groups is 2. The Morgan fingerprint density at radius 3 is 2.70 bits per heavy atom. The predicted octanol–water partition coefficient (Wildman–Crippen LogP) is 4.50. The highest BCUT2D eigenvalue weighted by molar-refractivity contribution is 9.11. The van der Waals surface area contributed by atoms with Crippen LogP contribution in [0.15, 0.2) is 50.4 Å². The van der Waals surface area contributed by atoms with Crippen LogP contribution in [0.3, 0.4) is 0 Å². The molecule has 0 saturated carbocycles. The summed E-state index contributed by atoms with van der Waals surface area (Å²) in [6.07, 6.45) is 0.0404. The molecule has 1 unspecified atom stereocenters. The molecule has 1 fully saturated rings. The summed E-state index contributed by atoms with van der Waals surface area (Å²) in [6.45, 7) is 1.85. The Bertz CT molecular complexity index is 927. The minimum atomic E-state index is -0.539. The smallest absolute Gasteiger partial charge is 0.240 e. The van der Waals surface area contributed by atoms with E-state index in [1.54, 1.807) is 35.6 Å². The van der Waals surface area contributed by atoms with Gasteiger partial charge in [-0.1, -0.05) is 23.4 Å². The van der Waals surface area contributed by atoms with E-state index >= 15 is 0 Å². The van der Waals surface area contributed by atoms with Gasteiger partial charge in [-0.25, -0.2) is 0 Å². The lowest BCUT2D eigenvalue weighted by Crippen LogP contribution is -2.28. The monoisotopic (exact) mass is 484 g/mol. The minimum Gasteiger partial charge on any atom is -0.326 e. The molecule has 140 valence electrons. The molecule has 0 radical (unpaired) electrons. The van der Waals surface area contributed by atoms with Crippen molar-refractivity contribution in [2.24, 2.45) is 10.2 Å². The molecule has 0 aliphatic carbocycles. The van der Waals surface area contributed by atoms with Gasteiger partial charge in [0.15, 0.2) is 5.17 Å². The second-order valence-corrected chi connectivity index (χ2v) is 9.64. The SMILES string of the molecule is C/C(=N\N=C1/NC(=O)C(CC(=O)Nc2ccc(Cl)cc2)S1)c1ccc(Br)s1. The summed E-state index contributed by atoms with van der Waals surface area (Å²) in [4.78, 5) is 25.2. The van der Waals surface area contributed by atoms with Gasteiger partial charge in [0.1, 0.15) is 5.25 Å². The standard InChI is InChI=1S/C17H14BrClN4O2S2/c1-9(12-6-7-14(18)26-12)22-23-17-21-16(25)13(27-17)8-15(24)20-11-4-2-10(19)3-5-11/h2-7,13H,8H2,1H3,(H,20,24)(H,21,23,25)/b22-9+. The number of amides is 2. The number of hydrogen-bond donors (Lipinski definition) is 2. The molecule has 1 atom stereocenters. The Kier molecular flexibility index (Phi) is 6.69. The lowest BCUT2D eigenvalue weighted by atomic mass is 10.2. The summed E-state index contributed by atoms with van der Waals surface area (Å²) in [6, 6.07) is 10.7. The Balaban J connectivity index is 1.58. The zero-order chi connectivity index (χ0) is 19.4. The molecule has 1 aromatic heterocycles. The molecular formula is C17H14BrClN4O2S2. The molecule has 2 heterocycles. The van der Waals surface area contributed by atoms with Crippen LogP contribution >= 0.6 is 50.6 Å². The van der Waals surface area contributed by atoms with Crippen molar-refractivity contribution >= 4 is 79.0 Å². The molecule has 10 heteroatoms. The second kappa shape index (κ2) is 9.01. The van der Waals surface area contributed by atoms with Gasteiger partial charge in [0, 0.05) is 17.1 Å². The van der Waals surface area contributed by atoms with Crippen LogP contribution in [-0.2, 0) is 9.59 Å². The Labute approximate surface area is 177 Å². The van der Waals surface area contributed by atoms with Crippen molar-refractivity contribution in [3.05, 3.63) is 50.1 Å². The van der Waals surface area contributed by atoms with Crippen LogP contribution in [0.25, 0.3) is 0 Å². The van der Waals surface area contributed by atoms with Crippen molar-refractivity contribution in [3.63, 3.8) is 0 Å². The molecule has 2 amide bonds. The summed E-state index contributed by atoms with van der Waals surface area (Å²) >= 11 is 12.0. The van der Waals surface area contributed by atoms with Gasteiger partial charge < -0.3 is 10.6 Å². The Hall–Kier alpha value is -1.68. The van der Waals surface area contributed by atoms with Crippen molar-refractivity contribution in [3.8, 4) is 0 Å². The molecule has 1 saturated heterocycles. The molecule has 1 aliphatic rings. The molecule has 3 rings (SSSR count). The number of nitrogens with zero attached hydrogens (tertiary/aromatic N) is 2. The van der Waals surface area contributed by atoms with E-state index in [0.29, 0.717) is 15.9 Å². The largest absolute Gasteiger partial charge is 0.326 e. The molecular weight excluding hydrogens is 472 g/mol. The van der Waals surface area contributed by atoms with E-state index in [9.17, 15) is 9.59 Å². The molecule has 2 aromatic rings. The van der Waals surface area contributed by atoms with Gasteiger partial charge >= 0.3 is 0 Å². The maximum Gasteiger partial charge on any atom is 0.240 e.